The Labute approximate surface area is 181 Å². The van der Waals surface area contributed by atoms with E-state index in [0.717, 1.165) is 0 Å². The molecule has 0 saturated carbocycles. The van der Waals surface area contributed by atoms with E-state index in [4.69, 9.17) is 5.73 Å². The topological polar surface area (TPSA) is 103 Å². The first kappa shape index (κ1) is 21.1. The van der Waals surface area contributed by atoms with Crippen molar-refractivity contribution < 1.29 is 18.4 Å². The van der Waals surface area contributed by atoms with Gasteiger partial charge in [0.25, 0.3) is 5.91 Å². The molecular weight excluding hydrogens is 416 g/mol. The normalized spacial score (nSPS) is 11.0. The Morgan fingerprint density at radius 1 is 1.06 bits per heavy atom. The third-order valence-electron chi connectivity index (χ3n) is 5.20. The highest BCUT2D eigenvalue weighted by Gasteiger charge is 2.20. The number of carbonyl (C=O) groups excluding carboxylic acids is 2. The Morgan fingerprint density at radius 2 is 1.75 bits per heavy atom. The molecule has 0 radical (unpaired) electrons. The molecule has 0 atom stereocenters. The van der Waals surface area contributed by atoms with Gasteiger partial charge in [-0.15, -0.1) is 0 Å². The molecule has 4 aromatic rings. The van der Waals surface area contributed by atoms with Crippen LogP contribution in [0.15, 0.2) is 48.5 Å². The molecule has 162 valence electrons. The van der Waals surface area contributed by atoms with Crippen LogP contribution >= 0.6 is 0 Å². The lowest BCUT2D eigenvalue weighted by Crippen LogP contribution is -2.18. The molecule has 2 aromatic heterocycles. The molecule has 2 amide bonds. The minimum atomic E-state index is -0.678. The largest absolute Gasteiger partial charge is 0.366 e. The summed E-state index contributed by atoms with van der Waals surface area (Å²) in [7, 11) is 0. The number of aromatic nitrogens is 3. The first-order valence-electron chi connectivity index (χ1n) is 9.74. The molecule has 0 unspecified atom stereocenters. The Balaban J connectivity index is 1.67. The highest BCUT2D eigenvalue weighted by atomic mass is 19.1. The number of nitrogens with zero attached hydrogens (tertiary/aromatic N) is 3. The molecule has 3 N–H and O–H groups in total. The van der Waals surface area contributed by atoms with Crippen LogP contribution in [-0.4, -0.2) is 26.6 Å². The monoisotopic (exact) mass is 435 g/mol. The maximum absolute atomic E-state index is 14.0. The maximum atomic E-state index is 14.0. The summed E-state index contributed by atoms with van der Waals surface area (Å²) in [5.41, 5.74) is 7.35. The zero-order valence-electron chi connectivity index (χ0n) is 17.3. The van der Waals surface area contributed by atoms with Crippen molar-refractivity contribution in [2.75, 3.05) is 5.32 Å². The van der Waals surface area contributed by atoms with Crippen molar-refractivity contribution in [3.05, 3.63) is 88.4 Å². The summed E-state index contributed by atoms with van der Waals surface area (Å²) >= 11 is 0. The molecular formula is C23H19F2N5O2. The molecule has 2 heterocycles. The highest BCUT2D eigenvalue weighted by molar-refractivity contribution is 6.10. The third-order valence-corrected chi connectivity index (χ3v) is 5.20. The van der Waals surface area contributed by atoms with Crippen molar-refractivity contribution in [2.45, 2.75) is 20.4 Å². The standard InChI is InChI=1S/C23H19F2N5O2/c1-12-21(13(2)30(29-12)11-16-17(24)7-5-8-18(16)25)28-23(32)20-10-15(22(26)31)14-6-3-4-9-19(14)27-20/h3-10H,11H2,1-2H3,(H2,26,31)(H,28,32). The number of hydrogen-bond acceptors (Lipinski definition) is 4. The first-order valence-corrected chi connectivity index (χ1v) is 9.74. The molecule has 2 aromatic carbocycles. The van der Waals surface area contributed by atoms with Crippen LogP contribution in [0.4, 0.5) is 14.5 Å². The molecule has 9 heteroatoms. The van der Waals surface area contributed by atoms with Gasteiger partial charge in [-0.2, -0.15) is 5.10 Å². The maximum Gasteiger partial charge on any atom is 0.274 e. The molecule has 32 heavy (non-hydrogen) atoms. The summed E-state index contributed by atoms with van der Waals surface area (Å²) < 4.78 is 29.5. The van der Waals surface area contributed by atoms with E-state index in [-0.39, 0.29) is 23.4 Å². The van der Waals surface area contributed by atoms with Crippen molar-refractivity contribution >= 4 is 28.4 Å². The van der Waals surface area contributed by atoms with Gasteiger partial charge in [0.15, 0.2) is 0 Å². The van der Waals surface area contributed by atoms with Gasteiger partial charge >= 0.3 is 0 Å². The van der Waals surface area contributed by atoms with E-state index in [1.807, 2.05) is 0 Å². The minimum Gasteiger partial charge on any atom is -0.366 e. The van der Waals surface area contributed by atoms with Crippen LogP contribution in [0.3, 0.4) is 0 Å². The lowest BCUT2D eigenvalue weighted by molar-refractivity contribution is 0.100. The SMILES string of the molecule is Cc1nn(Cc2c(F)cccc2F)c(C)c1NC(=O)c1cc(C(N)=O)c2ccccc2n1. The highest BCUT2D eigenvalue weighted by Crippen LogP contribution is 2.24. The van der Waals surface area contributed by atoms with E-state index >= 15 is 0 Å². The molecule has 0 fully saturated rings. The van der Waals surface area contributed by atoms with E-state index in [2.05, 4.69) is 15.4 Å². The number of anilines is 1. The van der Waals surface area contributed by atoms with Crippen LogP contribution < -0.4 is 11.1 Å². The van der Waals surface area contributed by atoms with Gasteiger partial charge in [0.1, 0.15) is 17.3 Å². The van der Waals surface area contributed by atoms with Crippen LogP contribution in [0.1, 0.15) is 37.8 Å². The van der Waals surface area contributed by atoms with Crippen molar-refractivity contribution in [1.29, 1.82) is 0 Å². The molecule has 0 spiro atoms. The van der Waals surface area contributed by atoms with Gasteiger partial charge in [-0.25, -0.2) is 13.8 Å². The number of fused-ring (bicyclic) bond motifs is 1. The van der Waals surface area contributed by atoms with Crippen LogP contribution in [0.5, 0.6) is 0 Å². The predicted octanol–water partition coefficient (Wildman–Crippen LogP) is 3.73. The number of pyridine rings is 1. The average Bonchev–Trinajstić information content (AvgIpc) is 3.02. The van der Waals surface area contributed by atoms with Crippen molar-refractivity contribution in [1.82, 2.24) is 14.8 Å². The number of carbonyl (C=O) groups is 2. The van der Waals surface area contributed by atoms with Crippen molar-refractivity contribution in [3.8, 4) is 0 Å². The second-order valence-corrected chi connectivity index (χ2v) is 7.29. The number of nitrogens with two attached hydrogens (primary N) is 1. The lowest BCUT2D eigenvalue weighted by atomic mass is 10.1. The molecule has 0 bridgehead atoms. The van der Waals surface area contributed by atoms with Gasteiger partial charge in [0, 0.05) is 10.9 Å². The minimum absolute atomic E-state index is 0.00389. The summed E-state index contributed by atoms with van der Waals surface area (Å²) in [6, 6.07) is 11.8. The number of hydrogen-bond donors (Lipinski definition) is 2. The Kier molecular flexibility index (Phi) is 5.40. The number of benzene rings is 2. The van der Waals surface area contributed by atoms with Crippen LogP contribution in [0, 0.1) is 25.5 Å². The number of rotatable bonds is 5. The molecule has 4 rings (SSSR count). The molecule has 0 aliphatic carbocycles. The zero-order chi connectivity index (χ0) is 23.0. The van der Waals surface area contributed by atoms with Crippen LogP contribution in [-0.2, 0) is 6.54 Å². The summed E-state index contributed by atoms with van der Waals surface area (Å²) in [5, 5.41) is 7.59. The summed E-state index contributed by atoms with van der Waals surface area (Å²) in [6.45, 7) is 3.21. The lowest BCUT2D eigenvalue weighted by Gasteiger charge is -2.10. The fourth-order valence-electron chi connectivity index (χ4n) is 3.54. The Bertz CT molecular complexity index is 1360. The number of nitrogens with one attached hydrogen (secondary N) is 1. The smallest absolute Gasteiger partial charge is 0.274 e. The number of primary amides is 1. The first-order chi connectivity index (χ1) is 15.3. The van der Waals surface area contributed by atoms with Crippen molar-refractivity contribution in [3.63, 3.8) is 0 Å². The van der Waals surface area contributed by atoms with Crippen molar-refractivity contribution in [2.24, 2.45) is 5.73 Å². The predicted molar refractivity (Wildman–Crippen MR) is 115 cm³/mol. The van der Waals surface area contributed by atoms with Gasteiger partial charge in [-0.1, -0.05) is 24.3 Å². The quantitative estimate of drug-likeness (QED) is 0.499. The fourth-order valence-corrected chi connectivity index (χ4v) is 3.54. The Morgan fingerprint density at radius 3 is 2.44 bits per heavy atom. The number of para-hydroxylation sites is 1. The van der Waals surface area contributed by atoms with Gasteiger partial charge < -0.3 is 11.1 Å². The fraction of sp³-hybridized carbons (Fsp3) is 0.130. The van der Waals surface area contributed by atoms with E-state index in [0.29, 0.717) is 28.0 Å². The summed E-state index contributed by atoms with van der Waals surface area (Å²) in [4.78, 5) is 29.1. The summed E-state index contributed by atoms with van der Waals surface area (Å²) in [6.07, 6.45) is 0. The number of amides is 2. The second kappa shape index (κ2) is 8.18. The molecule has 0 aliphatic heterocycles. The van der Waals surface area contributed by atoms with E-state index in [1.165, 1.54) is 28.9 Å². The number of aryl methyl sites for hydroxylation is 1. The zero-order valence-corrected chi connectivity index (χ0v) is 17.3. The van der Waals surface area contributed by atoms with E-state index < -0.39 is 23.4 Å². The van der Waals surface area contributed by atoms with Crippen LogP contribution in [0.2, 0.25) is 0 Å². The third kappa shape index (κ3) is 3.80. The Hall–Kier alpha value is -4.14. The average molecular weight is 435 g/mol. The summed E-state index contributed by atoms with van der Waals surface area (Å²) in [5.74, 6) is -2.60. The van der Waals surface area contributed by atoms with Gasteiger partial charge in [0.2, 0.25) is 5.91 Å². The molecule has 0 saturated heterocycles. The second-order valence-electron chi connectivity index (χ2n) is 7.29. The van der Waals surface area contributed by atoms with Gasteiger partial charge in [0.05, 0.1) is 34.7 Å². The molecule has 7 nitrogen and oxygen atoms in total. The van der Waals surface area contributed by atoms with Gasteiger partial charge in [-0.3, -0.25) is 14.3 Å². The molecule has 0 aliphatic rings. The van der Waals surface area contributed by atoms with E-state index in [1.54, 1.807) is 38.1 Å². The number of halogens is 2. The van der Waals surface area contributed by atoms with E-state index in [9.17, 15) is 18.4 Å². The van der Waals surface area contributed by atoms with Gasteiger partial charge in [-0.05, 0) is 38.1 Å². The van der Waals surface area contributed by atoms with Crippen LogP contribution in [0.25, 0.3) is 10.9 Å².